The molecule has 3 amide bonds. The Morgan fingerprint density at radius 2 is 1.78 bits per heavy atom. The topological polar surface area (TPSA) is 108 Å². The van der Waals surface area contributed by atoms with Crippen LogP contribution in [0.15, 0.2) is 24.3 Å². The van der Waals surface area contributed by atoms with E-state index in [1.54, 1.807) is 52.8 Å². The molecular weight excluding hydrogens is 410 g/mol. The van der Waals surface area contributed by atoms with E-state index in [4.69, 9.17) is 4.74 Å². The molecule has 0 heterocycles. The van der Waals surface area contributed by atoms with Crippen molar-refractivity contribution < 1.29 is 24.2 Å². The number of benzene rings is 1. The van der Waals surface area contributed by atoms with Gasteiger partial charge in [-0.05, 0) is 53.5 Å². The van der Waals surface area contributed by atoms with Gasteiger partial charge in [-0.1, -0.05) is 37.5 Å². The maximum absolute atomic E-state index is 13.4. The lowest BCUT2D eigenvalue weighted by Crippen LogP contribution is -2.52. The fraction of sp³-hybridized carbons (Fsp3) is 0.625. The number of carbonyl (C=O) groups is 3. The zero-order chi connectivity index (χ0) is 23.9. The molecule has 1 aliphatic rings. The number of phenols is 1. The molecule has 1 aliphatic carbocycles. The van der Waals surface area contributed by atoms with E-state index in [2.05, 4.69) is 10.6 Å². The van der Waals surface area contributed by atoms with Crippen LogP contribution in [0.1, 0.15) is 78.3 Å². The quantitative estimate of drug-likeness (QED) is 0.591. The summed E-state index contributed by atoms with van der Waals surface area (Å²) in [5, 5.41) is 16.1. The number of ether oxygens (including phenoxy) is 1. The van der Waals surface area contributed by atoms with Crippen molar-refractivity contribution in [3.05, 3.63) is 29.8 Å². The first-order valence-electron chi connectivity index (χ1n) is 11.4. The van der Waals surface area contributed by atoms with Crippen LogP contribution in [0.2, 0.25) is 0 Å². The third kappa shape index (κ3) is 7.14. The fourth-order valence-corrected chi connectivity index (χ4v) is 3.96. The smallest absolute Gasteiger partial charge is 0.408 e. The molecule has 0 saturated heterocycles. The molecule has 0 bridgehead atoms. The van der Waals surface area contributed by atoms with E-state index in [-0.39, 0.29) is 24.2 Å². The number of likely N-dealkylation sites (N-methyl/N-ethyl adjacent to an activating group) is 1. The molecule has 2 unspecified atom stereocenters. The highest BCUT2D eigenvalue weighted by molar-refractivity contribution is 5.92. The molecule has 1 aromatic rings. The van der Waals surface area contributed by atoms with Crippen LogP contribution in [0.3, 0.4) is 0 Å². The first kappa shape index (κ1) is 25.5. The van der Waals surface area contributed by atoms with Crippen molar-refractivity contribution >= 4 is 17.9 Å². The second-order valence-corrected chi connectivity index (χ2v) is 9.30. The van der Waals surface area contributed by atoms with Gasteiger partial charge in [0, 0.05) is 18.2 Å². The summed E-state index contributed by atoms with van der Waals surface area (Å²) in [5.74, 6) is -0.834. The minimum Gasteiger partial charge on any atom is -0.508 e. The number of aromatic hydroxyl groups is 1. The Bertz CT molecular complexity index is 799. The fourth-order valence-electron chi connectivity index (χ4n) is 3.96. The Balaban J connectivity index is 2.26. The van der Waals surface area contributed by atoms with Crippen molar-refractivity contribution in [1.29, 1.82) is 0 Å². The molecule has 2 atom stereocenters. The minimum absolute atomic E-state index is 0.0516. The molecule has 1 saturated carbocycles. The van der Waals surface area contributed by atoms with Crippen molar-refractivity contribution in [1.82, 2.24) is 15.5 Å². The Hall–Kier alpha value is -2.77. The number of hydrogen-bond acceptors (Lipinski definition) is 5. The first-order valence-corrected chi connectivity index (χ1v) is 11.4. The summed E-state index contributed by atoms with van der Waals surface area (Å²) in [6, 6.07) is 4.64. The second-order valence-electron chi connectivity index (χ2n) is 9.30. The highest BCUT2D eigenvalue weighted by Crippen LogP contribution is 2.30. The van der Waals surface area contributed by atoms with E-state index in [0.29, 0.717) is 5.56 Å². The van der Waals surface area contributed by atoms with Crippen LogP contribution in [0.4, 0.5) is 4.79 Å². The maximum atomic E-state index is 13.4. The molecule has 32 heavy (non-hydrogen) atoms. The lowest BCUT2D eigenvalue weighted by atomic mass is 9.94. The zero-order valence-electron chi connectivity index (χ0n) is 19.8. The van der Waals surface area contributed by atoms with Crippen LogP contribution in [0.5, 0.6) is 5.75 Å². The van der Waals surface area contributed by atoms with Gasteiger partial charge < -0.3 is 25.4 Å². The third-order valence-corrected chi connectivity index (χ3v) is 5.47. The van der Waals surface area contributed by atoms with Gasteiger partial charge in [-0.25, -0.2) is 4.79 Å². The average molecular weight is 448 g/mol. The summed E-state index contributed by atoms with van der Waals surface area (Å²) in [5.41, 5.74) is -0.351. The van der Waals surface area contributed by atoms with E-state index < -0.39 is 29.7 Å². The molecule has 1 aromatic carbocycles. The number of alkyl carbamates (subject to hydrolysis) is 1. The highest BCUT2D eigenvalue weighted by atomic mass is 16.6. The van der Waals surface area contributed by atoms with Crippen molar-refractivity contribution in [3.63, 3.8) is 0 Å². The predicted octanol–water partition coefficient (Wildman–Crippen LogP) is 3.64. The molecule has 8 nitrogen and oxygen atoms in total. The molecule has 0 aromatic heterocycles. The van der Waals surface area contributed by atoms with E-state index in [1.807, 2.05) is 0 Å². The van der Waals surface area contributed by atoms with Gasteiger partial charge in [0.05, 0.1) is 0 Å². The van der Waals surface area contributed by atoms with Crippen LogP contribution >= 0.6 is 0 Å². The third-order valence-electron chi connectivity index (χ3n) is 5.47. The Morgan fingerprint density at radius 3 is 2.34 bits per heavy atom. The number of rotatable bonds is 7. The second kappa shape index (κ2) is 11.2. The number of phenolic OH excluding ortho intramolecular Hbond substituents is 1. The average Bonchev–Trinajstić information content (AvgIpc) is 2.71. The lowest BCUT2D eigenvalue weighted by Gasteiger charge is -2.34. The summed E-state index contributed by atoms with van der Waals surface area (Å²) in [6.45, 7) is 8.74. The van der Waals surface area contributed by atoms with Crippen molar-refractivity contribution in [2.75, 3.05) is 6.54 Å². The van der Waals surface area contributed by atoms with Gasteiger partial charge in [0.1, 0.15) is 23.4 Å². The van der Waals surface area contributed by atoms with Crippen LogP contribution in [-0.2, 0) is 14.3 Å². The van der Waals surface area contributed by atoms with Crippen molar-refractivity contribution in [2.45, 2.75) is 90.4 Å². The molecule has 8 heteroatoms. The van der Waals surface area contributed by atoms with Crippen LogP contribution in [0.25, 0.3) is 0 Å². The zero-order valence-corrected chi connectivity index (χ0v) is 19.8. The summed E-state index contributed by atoms with van der Waals surface area (Å²) in [6.07, 6.45) is 4.35. The number of carbonyl (C=O) groups excluding carboxylic acids is 3. The molecule has 2 rings (SSSR count). The van der Waals surface area contributed by atoms with E-state index in [9.17, 15) is 19.5 Å². The van der Waals surface area contributed by atoms with Gasteiger partial charge in [-0.15, -0.1) is 0 Å². The summed E-state index contributed by atoms with van der Waals surface area (Å²) in [7, 11) is 0. The SMILES string of the molecule is CCN(C(=O)C(C)NC(=O)OC(C)(C)C)C(C(=O)NC1CCCCC1)c1ccccc1O. The Morgan fingerprint density at radius 1 is 1.16 bits per heavy atom. The number of nitrogens with zero attached hydrogens (tertiary/aromatic N) is 1. The molecule has 178 valence electrons. The maximum Gasteiger partial charge on any atom is 0.408 e. The number of amides is 3. The van der Waals surface area contributed by atoms with Crippen molar-refractivity contribution in [3.8, 4) is 5.75 Å². The lowest BCUT2D eigenvalue weighted by molar-refractivity contribution is -0.142. The highest BCUT2D eigenvalue weighted by Gasteiger charge is 2.36. The monoisotopic (exact) mass is 447 g/mol. The number of para-hydroxylation sites is 1. The van der Waals surface area contributed by atoms with Crippen LogP contribution < -0.4 is 10.6 Å². The summed E-state index contributed by atoms with van der Waals surface area (Å²) < 4.78 is 5.24. The Labute approximate surface area is 190 Å². The van der Waals surface area contributed by atoms with Gasteiger partial charge >= 0.3 is 6.09 Å². The van der Waals surface area contributed by atoms with Gasteiger partial charge in [0.25, 0.3) is 0 Å². The largest absolute Gasteiger partial charge is 0.508 e. The molecule has 1 fully saturated rings. The van der Waals surface area contributed by atoms with Gasteiger partial charge in [-0.3, -0.25) is 9.59 Å². The van der Waals surface area contributed by atoms with E-state index in [1.165, 1.54) is 11.0 Å². The molecular formula is C24H37N3O5. The standard InChI is InChI=1S/C24H37N3O5/c1-6-27(22(30)16(2)25-23(31)32-24(3,4)5)20(18-14-10-11-15-19(18)28)21(29)26-17-12-8-7-9-13-17/h10-11,14-17,20,28H,6-9,12-13H2,1-5H3,(H,25,31)(H,26,29). The van der Waals surface area contributed by atoms with Gasteiger partial charge in [0.2, 0.25) is 11.8 Å². The Kier molecular flexibility index (Phi) is 8.92. The predicted molar refractivity (Wildman–Crippen MR) is 122 cm³/mol. The molecule has 0 spiro atoms. The van der Waals surface area contributed by atoms with E-state index >= 15 is 0 Å². The van der Waals surface area contributed by atoms with Crippen LogP contribution in [-0.4, -0.2) is 52.1 Å². The molecule has 0 radical (unpaired) electrons. The minimum atomic E-state index is -1.02. The van der Waals surface area contributed by atoms with E-state index in [0.717, 1.165) is 32.1 Å². The summed E-state index contributed by atoms with van der Waals surface area (Å²) >= 11 is 0. The molecule has 0 aliphatic heterocycles. The van der Waals surface area contributed by atoms with Crippen molar-refractivity contribution in [2.24, 2.45) is 0 Å². The van der Waals surface area contributed by atoms with Gasteiger partial charge in [0.15, 0.2) is 0 Å². The number of nitrogens with one attached hydrogen (secondary N) is 2. The normalized spacial score (nSPS) is 16.5. The first-order chi connectivity index (χ1) is 15.0. The van der Waals surface area contributed by atoms with Crippen LogP contribution in [0, 0.1) is 0 Å². The van der Waals surface area contributed by atoms with Gasteiger partial charge in [-0.2, -0.15) is 0 Å². The summed E-state index contributed by atoms with van der Waals surface area (Å²) in [4.78, 5) is 40.2. The molecule has 3 N–H and O–H groups in total. The number of hydrogen-bond donors (Lipinski definition) is 3.